The first-order valence-corrected chi connectivity index (χ1v) is 20.0. The number of carbonyl (C=O) groups excluding carboxylic acids is 2. The van der Waals surface area contributed by atoms with E-state index in [1.165, 1.54) is 36.4 Å². The Morgan fingerprint density at radius 1 is 0.661 bits per heavy atom. The third-order valence-corrected chi connectivity index (χ3v) is 10.9. The van der Waals surface area contributed by atoms with Gasteiger partial charge in [0.25, 0.3) is 0 Å². The van der Waals surface area contributed by atoms with E-state index in [-0.39, 0.29) is 50.4 Å². The predicted octanol–water partition coefficient (Wildman–Crippen LogP) is 9.65. The fourth-order valence-electron chi connectivity index (χ4n) is 5.63. The summed E-state index contributed by atoms with van der Waals surface area (Å²) in [5.74, 6) is 0.787. The van der Waals surface area contributed by atoms with Crippen LogP contribution in [0.5, 0.6) is 23.0 Å². The van der Waals surface area contributed by atoms with E-state index in [1.807, 2.05) is 32.0 Å². The number of hydrogen-bond acceptors (Lipinski definition) is 15. The van der Waals surface area contributed by atoms with Gasteiger partial charge < -0.3 is 46.7 Å². The highest BCUT2D eigenvalue weighted by Crippen LogP contribution is 2.41. The van der Waals surface area contributed by atoms with Crippen LogP contribution in [0, 0.1) is 22.7 Å². The Labute approximate surface area is 351 Å². The molecule has 15 heteroatoms. The number of benzene rings is 4. The second-order valence-corrected chi connectivity index (χ2v) is 14.2. The van der Waals surface area contributed by atoms with E-state index in [1.54, 1.807) is 56.7 Å². The Hall–Kier alpha value is -7.20. The van der Waals surface area contributed by atoms with Gasteiger partial charge in [-0.15, -0.1) is 22.7 Å². The molecule has 13 nitrogen and oxygen atoms in total. The fourth-order valence-corrected chi connectivity index (χ4v) is 7.74. The van der Waals surface area contributed by atoms with Crippen molar-refractivity contribution in [3.63, 3.8) is 0 Å². The molecule has 6 aromatic rings. The van der Waals surface area contributed by atoms with E-state index < -0.39 is 0 Å². The number of hydrogen-bond donors (Lipinski definition) is 6. The number of methoxy groups -OCH3 is 2. The van der Waals surface area contributed by atoms with Crippen molar-refractivity contribution in [3.05, 3.63) is 123 Å². The number of nitriles is 2. The first-order valence-electron chi connectivity index (χ1n) is 18.4. The number of nitrogens with one attached hydrogen (secondary N) is 2. The molecular formula is C44H45N7O6S2. The smallest absolute Gasteiger partial charge is 0.205 e. The van der Waals surface area contributed by atoms with Crippen molar-refractivity contribution in [2.45, 2.75) is 27.7 Å². The molecule has 0 unspecified atom stereocenters. The number of aromatic hydroxyl groups is 2. The minimum absolute atomic E-state index is 0.0584. The van der Waals surface area contributed by atoms with Gasteiger partial charge in [0.1, 0.15) is 54.5 Å². The zero-order valence-corrected chi connectivity index (χ0v) is 35.0. The summed E-state index contributed by atoms with van der Waals surface area (Å²) in [7, 11) is 3.11. The van der Waals surface area contributed by atoms with Gasteiger partial charge in [-0.1, -0.05) is 13.8 Å². The van der Waals surface area contributed by atoms with Crippen LogP contribution in [-0.4, -0.2) is 49.1 Å². The normalized spacial score (nSPS) is 10.0. The molecule has 0 aliphatic heterocycles. The second-order valence-electron chi connectivity index (χ2n) is 12.1. The molecule has 0 atom stereocenters. The monoisotopic (exact) mass is 831 g/mol. The van der Waals surface area contributed by atoms with Crippen LogP contribution in [0.15, 0.2) is 91.0 Å². The Kier molecular flexibility index (Phi) is 15.7. The minimum Gasteiger partial charge on any atom is -0.508 e. The lowest BCUT2D eigenvalue weighted by molar-refractivity contribution is 0.103. The van der Waals surface area contributed by atoms with Crippen molar-refractivity contribution < 1.29 is 29.3 Å². The number of carbonyl (C=O) groups is 2. The zero-order valence-electron chi connectivity index (χ0n) is 33.4. The number of nitrogens with two attached hydrogens (primary N) is 2. The minimum atomic E-state index is -0.322. The molecule has 4 aromatic carbocycles. The summed E-state index contributed by atoms with van der Waals surface area (Å²) in [6.07, 6.45) is 0. The number of nitrogen functional groups attached to an aromatic ring is 2. The molecule has 0 spiro atoms. The number of anilines is 7. The number of phenolic OH excluding ortho intramolecular Hbond substituents is 2. The summed E-state index contributed by atoms with van der Waals surface area (Å²) >= 11 is 2.24. The van der Waals surface area contributed by atoms with Crippen LogP contribution in [0.4, 0.5) is 38.4 Å². The molecule has 304 valence electrons. The van der Waals surface area contributed by atoms with Crippen LogP contribution in [0.3, 0.4) is 0 Å². The first kappa shape index (κ1) is 44.5. The van der Waals surface area contributed by atoms with Crippen LogP contribution in [0.2, 0.25) is 0 Å². The largest absolute Gasteiger partial charge is 0.508 e. The molecular weight excluding hydrogens is 787 g/mol. The molecule has 0 bridgehead atoms. The lowest BCUT2D eigenvalue weighted by Crippen LogP contribution is -2.21. The summed E-state index contributed by atoms with van der Waals surface area (Å²) in [6.45, 7) is 9.95. The highest BCUT2D eigenvalue weighted by Gasteiger charge is 2.24. The maximum absolute atomic E-state index is 13.1. The highest BCUT2D eigenvalue weighted by atomic mass is 32.1. The molecule has 6 rings (SSSR count). The Morgan fingerprint density at radius 3 is 1.49 bits per heavy atom. The number of ether oxygens (including phenoxy) is 2. The van der Waals surface area contributed by atoms with Crippen LogP contribution in [-0.2, 0) is 0 Å². The third-order valence-electron chi connectivity index (χ3n) is 8.68. The summed E-state index contributed by atoms with van der Waals surface area (Å²) in [4.78, 5) is 28.6. The van der Waals surface area contributed by atoms with Crippen LogP contribution < -0.4 is 36.5 Å². The number of nitrogens with zero attached hydrogens (tertiary/aromatic N) is 3. The molecule has 0 aliphatic carbocycles. The predicted molar refractivity (Wildman–Crippen MR) is 237 cm³/mol. The van der Waals surface area contributed by atoms with Crippen molar-refractivity contribution in [2.24, 2.45) is 0 Å². The summed E-state index contributed by atoms with van der Waals surface area (Å²) < 4.78 is 10.6. The average molecular weight is 832 g/mol. The lowest BCUT2D eigenvalue weighted by Gasteiger charge is -2.20. The first-order chi connectivity index (χ1) is 28.5. The molecule has 0 saturated heterocycles. The van der Waals surface area contributed by atoms with Gasteiger partial charge in [-0.3, -0.25) is 9.59 Å². The van der Waals surface area contributed by atoms with Crippen molar-refractivity contribution in [3.8, 4) is 35.1 Å². The van der Waals surface area contributed by atoms with Gasteiger partial charge in [0.2, 0.25) is 11.6 Å². The van der Waals surface area contributed by atoms with E-state index in [4.69, 9.17) is 20.9 Å². The maximum Gasteiger partial charge on any atom is 0.205 e. The third kappa shape index (κ3) is 10.4. The van der Waals surface area contributed by atoms with Crippen LogP contribution in [0.1, 0.15) is 69.3 Å². The molecule has 2 heterocycles. The molecule has 59 heavy (non-hydrogen) atoms. The van der Waals surface area contributed by atoms with Crippen molar-refractivity contribution in [1.29, 1.82) is 10.5 Å². The molecule has 0 fully saturated rings. The van der Waals surface area contributed by atoms with Crippen molar-refractivity contribution >= 4 is 72.7 Å². The van der Waals surface area contributed by atoms with Crippen LogP contribution in [0.25, 0.3) is 0 Å². The van der Waals surface area contributed by atoms with E-state index >= 15 is 0 Å². The van der Waals surface area contributed by atoms with Gasteiger partial charge in [0, 0.05) is 47.3 Å². The van der Waals surface area contributed by atoms with Gasteiger partial charge in [0.05, 0.1) is 25.6 Å². The Balaban J connectivity index is 0.000000257. The van der Waals surface area contributed by atoms with Gasteiger partial charge in [-0.2, -0.15) is 10.5 Å². The molecule has 0 saturated carbocycles. The van der Waals surface area contributed by atoms with E-state index in [9.17, 15) is 30.3 Å². The molecule has 2 aromatic heterocycles. The SMILES string of the molecule is CC.CCN(CC)c1ccc(C(=O)c2sc(Nc3ccc(OC)c(OC)c3)c(C#N)c2N)cc1.N#Cc1c(Nc2ccc(O)cc2)sc(C(=O)c2ccc(O)cc2)c1N. The molecule has 0 aliphatic rings. The Morgan fingerprint density at radius 2 is 1.07 bits per heavy atom. The molecule has 0 radical (unpaired) electrons. The van der Waals surface area contributed by atoms with Gasteiger partial charge in [0.15, 0.2) is 11.5 Å². The van der Waals surface area contributed by atoms with Crippen molar-refractivity contribution in [1.82, 2.24) is 0 Å². The standard InChI is InChI=1S/C24H26N4O3S.C18H13N3O3S.C2H6/c1-5-28(6-2)17-10-7-15(8-11-17)22(29)23-21(26)18(14-25)24(32-23)27-16-9-12-19(30-3)20(13-16)31-4;19-9-14-15(20)17(16(24)10-1-5-12(22)6-2-10)25-18(14)21-11-3-7-13(23)8-4-11;1-2/h7-13,27H,5-6,26H2,1-4H3;1-8,21-23H,20H2;1-2H3. The number of ketones is 2. The number of rotatable bonds is 13. The van der Waals surface area contributed by atoms with E-state index in [0.717, 1.165) is 41.5 Å². The van der Waals surface area contributed by atoms with Gasteiger partial charge >= 0.3 is 0 Å². The zero-order chi connectivity index (χ0) is 43.2. The quantitative estimate of drug-likeness (QED) is 0.0472. The van der Waals surface area contributed by atoms with E-state index in [2.05, 4.69) is 35.5 Å². The topological polar surface area (TPSA) is 220 Å². The molecule has 0 amide bonds. The van der Waals surface area contributed by atoms with Crippen LogP contribution >= 0.6 is 22.7 Å². The summed E-state index contributed by atoms with van der Waals surface area (Å²) in [5.41, 5.74) is 16.2. The summed E-state index contributed by atoms with van der Waals surface area (Å²) in [6, 6.07) is 29.0. The average Bonchev–Trinajstić information content (AvgIpc) is 3.76. The highest BCUT2D eigenvalue weighted by molar-refractivity contribution is 7.19. The molecule has 8 N–H and O–H groups in total. The Bertz CT molecular complexity index is 2460. The van der Waals surface area contributed by atoms with Crippen molar-refractivity contribution in [2.75, 3.05) is 54.3 Å². The lowest BCUT2D eigenvalue weighted by atomic mass is 10.1. The van der Waals surface area contributed by atoms with Gasteiger partial charge in [-0.25, -0.2) is 0 Å². The summed E-state index contributed by atoms with van der Waals surface area (Å²) in [5, 5.41) is 44.9. The number of thiophene rings is 2. The van der Waals surface area contributed by atoms with Gasteiger partial charge in [-0.05, 0) is 98.8 Å². The fraction of sp³-hybridized carbons (Fsp3) is 0.182. The number of phenols is 2. The van der Waals surface area contributed by atoms with E-state index in [0.29, 0.717) is 48.9 Å². The second kappa shape index (κ2) is 20.8. The maximum atomic E-state index is 13.1.